The third-order valence-corrected chi connectivity index (χ3v) is 6.09. The van der Waals surface area contributed by atoms with Crippen LogP contribution in [0.25, 0.3) is 22.5 Å². The Hall–Kier alpha value is -2.57. The van der Waals surface area contributed by atoms with E-state index in [4.69, 9.17) is 46.4 Å². The molecule has 1 unspecified atom stereocenters. The second-order valence-corrected chi connectivity index (χ2v) is 9.06. The van der Waals surface area contributed by atoms with Crippen molar-refractivity contribution < 1.29 is 4.79 Å². The number of nitrogens with zero attached hydrogens (tertiary/aromatic N) is 3. The second kappa shape index (κ2) is 10.1. The van der Waals surface area contributed by atoms with Gasteiger partial charge in [-0.05, 0) is 48.9 Å². The number of hydrogen-bond donors (Lipinski definition) is 1. The molecule has 0 saturated heterocycles. The van der Waals surface area contributed by atoms with Crippen LogP contribution in [0.15, 0.2) is 66.7 Å². The molecule has 1 N–H and O–H groups in total. The zero-order valence-electron chi connectivity index (χ0n) is 17.4. The lowest BCUT2D eigenvalue weighted by atomic mass is 10.0. The lowest BCUT2D eigenvalue weighted by molar-refractivity contribution is -0.122. The minimum Gasteiger partial charge on any atom is -0.348 e. The van der Waals surface area contributed by atoms with Crippen molar-refractivity contribution in [2.24, 2.45) is 0 Å². The van der Waals surface area contributed by atoms with E-state index >= 15 is 0 Å². The Morgan fingerprint density at radius 1 is 0.848 bits per heavy atom. The van der Waals surface area contributed by atoms with E-state index in [9.17, 15) is 4.79 Å². The predicted octanol–water partition coefficient (Wildman–Crippen LogP) is 7.10. The van der Waals surface area contributed by atoms with Gasteiger partial charge < -0.3 is 5.32 Å². The summed E-state index contributed by atoms with van der Waals surface area (Å²) >= 11 is 25.0. The molecule has 0 saturated carbocycles. The SMILES string of the molecule is CC(NC(=O)Cn1nc(-c2ccc(Cl)cc2Cl)c(-c2ccc(Cl)cc2Cl)n1)c1ccccc1. The summed E-state index contributed by atoms with van der Waals surface area (Å²) in [4.78, 5) is 14.0. The Bertz CT molecular complexity index is 1240. The van der Waals surface area contributed by atoms with Crippen molar-refractivity contribution in [1.29, 1.82) is 0 Å². The maximum atomic E-state index is 12.7. The normalized spacial score (nSPS) is 11.9. The van der Waals surface area contributed by atoms with Crippen LogP contribution in [0.2, 0.25) is 20.1 Å². The van der Waals surface area contributed by atoms with E-state index in [1.54, 1.807) is 36.4 Å². The highest BCUT2D eigenvalue weighted by Gasteiger charge is 2.21. The maximum absolute atomic E-state index is 12.7. The fourth-order valence-electron chi connectivity index (χ4n) is 3.39. The first-order valence-electron chi connectivity index (χ1n) is 10.0. The zero-order chi connectivity index (χ0) is 23.5. The van der Waals surface area contributed by atoms with Gasteiger partial charge in [-0.2, -0.15) is 15.0 Å². The van der Waals surface area contributed by atoms with E-state index in [2.05, 4.69) is 15.5 Å². The molecule has 0 spiro atoms. The van der Waals surface area contributed by atoms with Crippen LogP contribution in [0.1, 0.15) is 18.5 Å². The Morgan fingerprint density at radius 3 is 1.85 bits per heavy atom. The fourth-order valence-corrected chi connectivity index (χ4v) is 4.38. The summed E-state index contributed by atoms with van der Waals surface area (Å²) in [5.41, 5.74) is 3.19. The third kappa shape index (κ3) is 5.50. The van der Waals surface area contributed by atoms with Crippen LogP contribution in [0, 0.1) is 0 Å². The molecule has 0 fully saturated rings. The quantitative estimate of drug-likeness (QED) is 0.295. The van der Waals surface area contributed by atoms with E-state index in [1.807, 2.05) is 37.3 Å². The van der Waals surface area contributed by atoms with Gasteiger partial charge in [-0.1, -0.05) is 76.7 Å². The summed E-state index contributed by atoms with van der Waals surface area (Å²) in [7, 11) is 0. The highest BCUT2D eigenvalue weighted by atomic mass is 35.5. The number of benzene rings is 3. The predicted molar refractivity (Wildman–Crippen MR) is 134 cm³/mol. The summed E-state index contributed by atoms with van der Waals surface area (Å²) in [5.74, 6) is -0.233. The fraction of sp³-hybridized carbons (Fsp3) is 0.125. The zero-order valence-corrected chi connectivity index (χ0v) is 20.4. The molecule has 0 aliphatic rings. The molecule has 1 heterocycles. The first-order chi connectivity index (χ1) is 15.8. The van der Waals surface area contributed by atoms with Gasteiger partial charge in [0.15, 0.2) is 0 Å². The molecular formula is C24H18Cl4N4O. The first kappa shape index (κ1) is 23.6. The van der Waals surface area contributed by atoms with Crippen LogP contribution >= 0.6 is 46.4 Å². The molecule has 1 amide bonds. The van der Waals surface area contributed by atoms with Gasteiger partial charge in [0.25, 0.3) is 0 Å². The van der Waals surface area contributed by atoms with Gasteiger partial charge in [-0.3, -0.25) is 4.79 Å². The Labute approximate surface area is 211 Å². The molecule has 0 bridgehead atoms. The first-order valence-corrected chi connectivity index (χ1v) is 11.5. The van der Waals surface area contributed by atoms with Crippen molar-refractivity contribution in [2.45, 2.75) is 19.5 Å². The molecule has 168 valence electrons. The summed E-state index contributed by atoms with van der Waals surface area (Å²) in [5, 5.41) is 13.9. The topological polar surface area (TPSA) is 59.8 Å². The molecule has 0 aliphatic heterocycles. The van der Waals surface area contributed by atoms with E-state index in [-0.39, 0.29) is 18.5 Å². The highest BCUT2D eigenvalue weighted by Crippen LogP contribution is 2.38. The van der Waals surface area contributed by atoms with Gasteiger partial charge in [-0.15, -0.1) is 0 Å². The van der Waals surface area contributed by atoms with Crippen LogP contribution in [0.5, 0.6) is 0 Å². The number of aromatic nitrogens is 3. The van der Waals surface area contributed by atoms with Crippen LogP contribution in [0.3, 0.4) is 0 Å². The summed E-state index contributed by atoms with van der Waals surface area (Å²) < 4.78 is 0. The molecule has 0 aliphatic carbocycles. The molecule has 0 radical (unpaired) electrons. The van der Waals surface area contributed by atoms with Gasteiger partial charge in [0.2, 0.25) is 5.91 Å². The monoisotopic (exact) mass is 518 g/mol. The lowest BCUT2D eigenvalue weighted by Gasteiger charge is -2.13. The van der Waals surface area contributed by atoms with Crippen LogP contribution in [-0.4, -0.2) is 20.9 Å². The molecule has 33 heavy (non-hydrogen) atoms. The highest BCUT2D eigenvalue weighted by molar-refractivity contribution is 6.37. The van der Waals surface area contributed by atoms with Crippen LogP contribution in [0.4, 0.5) is 0 Å². The number of carbonyl (C=O) groups is 1. The Morgan fingerprint density at radius 2 is 1.36 bits per heavy atom. The average Bonchev–Trinajstić information content (AvgIpc) is 3.17. The molecule has 4 rings (SSSR count). The molecule has 1 atom stereocenters. The Balaban J connectivity index is 1.68. The largest absolute Gasteiger partial charge is 0.348 e. The molecular weight excluding hydrogens is 502 g/mol. The van der Waals surface area contributed by atoms with Crippen molar-refractivity contribution >= 4 is 52.3 Å². The van der Waals surface area contributed by atoms with Crippen LogP contribution in [-0.2, 0) is 11.3 Å². The van der Waals surface area contributed by atoms with Gasteiger partial charge >= 0.3 is 0 Å². The van der Waals surface area contributed by atoms with Crippen LogP contribution < -0.4 is 5.32 Å². The number of nitrogens with one attached hydrogen (secondary N) is 1. The maximum Gasteiger partial charge on any atom is 0.244 e. The molecule has 1 aromatic heterocycles. The van der Waals surface area contributed by atoms with E-state index in [1.165, 1.54) is 4.80 Å². The number of halogens is 4. The summed E-state index contributed by atoms with van der Waals surface area (Å²) in [6.07, 6.45) is 0. The van der Waals surface area contributed by atoms with E-state index < -0.39 is 0 Å². The number of rotatable bonds is 6. The van der Waals surface area contributed by atoms with Gasteiger partial charge in [-0.25, -0.2) is 0 Å². The van der Waals surface area contributed by atoms with Crippen molar-refractivity contribution in [3.05, 3.63) is 92.4 Å². The molecule has 3 aromatic carbocycles. The molecule has 9 heteroatoms. The summed E-state index contributed by atoms with van der Waals surface area (Å²) in [6.45, 7) is 1.84. The minimum atomic E-state index is -0.233. The lowest BCUT2D eigenvalue weighted by Crippen LogP contribution is -2.30. The molecule has 5 nitrogen and oxygen atoms in total. The molecule has 4 aromatic rings. The second-order valence-electron chi connectivity index (χ2n) is 7.38. The average molecular weight is 520 g/mol. The third-order valence-electron chi connectivity index (χ3n) is 4.99. The minimum absolute atomic E-state index is 0.0827. The van der Waals surface area contributed by atoms with E-state index in [0.29, 0.717) is 42.6 Å². The van der Waals surface area contributed by atoms with Gasteiger partial charge in [0.05, 0.1) is 16.1 Å². The van der Waals surface area contributed by atoms with Crippen molar-refractivity contribution in [3.63, 3.8) is 0 Å². The number of carbonyl (C=O) groups excluding carboxylic acids is 1. The number of hydrogen-bond acceptors (Lipinski definition) is 3. The standard InChI is InChI=1S/C24H18Cl4N4O/c1-14(15-5-3-2-4-6-15)29-22(33)13-32-30-23(18-9-7-16(25)11-20(18)27)24(31-32)19-10-8-17(26)12-21(19)28/h2-12,14H,13H2,1H3,(H,29,33). The number of amides is 1. The van der Waals surface area contributed by atoms with E-state index in [0.717, 1.165) is 5.56 Å². The smallest absolute Gasteiger partial charge is 0.244 e. The van der Waals surface area contributed by atoms with Crippen molar-refractivity contribution in [1.82, 2.24) is 20.3 Å². The van der Waals surface area contributed by atoms with Crippen molar-refractivity contribution in [2.75, 3.05) is 0 Å². The van der Waals surface area contributed by atoms with Crippen molar-refractivity contribution in [3.8, 4) is 22.5 Å². The Kier molecular flexibility index (Phi) is 7.25. The van der Waals surface area contributed by atoms with Gasteiger partial charge in [0, 0.05) is 21.2 Å². The summed E-state index contributed by atoms with van der Waals surface area (Å²) in [6, 6.07) is 19.7. The van der Waals surface area contributed by atoms with Gasteiger partial charge in [0.1, 0.15) is 17.9 Å².